The lowest BCUT2D eigenvalue weighted by Gasteiger charge is -1.99. The molecule has 0 N–H and O–H groups in total. The molecule has 0 radical (unpaired) electrons. The molecule has 0 atom stereocenters. The third-order valence-electron chi connectivity index (χ3n) is 2.50. The molecule has 0 saturated heterocycles. The first-order valence-corrected chi connectivity index (χ1v) is 5.94. The quantitative estimate of drug-likeness (QED) is 0.707. The topological polar surface area (TPSA) is 57.0 Å². The molecular weight excluding hydrogens is 242 g/mol. The fourth-order valence-corrected chi connectivity index (χ4v) is 1.57. The number of benzene rings is 1. The van der Waals surface area contributed by atoms with E-state index in [-0.39, 0.29) is 19.0 Å². The van der Waals surface area contributed by atoms with Gasteiger partial charge in [0, 0.05) is 0 Å². The van der Waals surface area contributed by atoms with E-state index in [0.29, 0.717) is 12.2 Å². The summed E-state index contributed by atoms with van der Waals surface area (Å²) in [5.41, 5.74) is 1.86. The van der Waals surface area contributed by atoms with Crippen LogP contribution in [0.2, 0.25) is 0 Å². The maximum Gasteiger partial charge on any atom is 0.180 e. The van der Waals surface area contributed by atoms with Crippen LogP contribution in [0.5, 0.6) is 0 Å². The standard InChI is InChI=1S/C14H15N3O2/c1-2-14(18)11-19-10-13-9-17(16-15-13)8-12-6-4-3-5-7-12/h2-7,9H,1,8,10-11H2. The average molecular weight is 257 g/mol. The normalized spacial score (nSPS) is 10.3. The molecule has 0 spiro atoms. The Morgan fingerprint density at radius 3 is 2.89 bits per heavy atom. The molecule has 2 aromatic rings. The van der Waals surface area contributed by atoms with Crippen molar-refractivity contribution in [1.29, 1.82) is 0 Å². The van der Waals surface area contributed by atoms with Gasteiger partial charge in [0.15, 0.2) is 5.78 Å². The molecule has 0 aliphatic carbocycles. The van der Waals surface area contributed by atoms with Gasteiger partial charge < -0.3 is 4.74 Å². The third kappa shape index (κ3) is 4.15. The second-order valence-electron chi connectivity index (χ2n) is 4.06. The number of ether oxygens (including phenoxy) is 1. The summed E-state index contributed by atoms with van der Waals surface area (Å²) in [6, 6.07) is 10.00. The highest BCUT2D eigenvalue weighted by molar-refractivity contribution is 5.90. The third-order valence-corrected chi connectivity index (χ3v) is 2.50. The van der Waals surface area contributed by atoms with Gasteiger partial charge in [-0.1, -0.05) is 42.1 Å². The first-order chi connectivity index (χ1) is 9.28. The predicted molar refractivity (Wildman–Crippen MR) is 70.4 cm³/mol. The van der Waals surface area contributed by atoms with Crippen LogP contribution in [0.15, 0.2) is 49.2 Å². The van der Waals surface area contributed by atoms with E-state index in [4.69, 9.17) is 4.74 Å². The van der Waals surface area contributed by atoms with E-state index in [2.05, 4.69) is 16.9 Å². The van der Waals surface area contributed by atoms with Gasteiger partial charge in [0.25, 0.3) is 0 Å². The molecule has 0 aliphatic heterocycles. The molecule has 1 heterocycles. The molecule has 0 fully saturated rings. The summed E-state index contributed by atoms with van der Waals surface area (Å²) in [6.07, 6.45) is 3.05. The number of ketones is 1. The number of carbonyl (C=O) groups is 1. The lowest BCUT2D eigenvalue weighted by Crippen LogP contribution is -2.05. The lowest BCUT2D eigenvalue weighted by molar-refractivity contribution is -0.119. The minimum absolute atomic E-state index is 0.0229. The number of aromatic nitrogens is 3. The van der Waals surface area contributed by atoms with Gasteiger partial charge in [-0.05, 0) is 11.6 Å². The zero-order chi connectivity index (χ0) is 13.5. The Labute approximate surface area is 111 Å². The van der Waals surface area contributed by atoms with E-state index in [1.807, 2.05) is 36.5 Å². The minimum Gasteiger partial charge on any atom is -0.367 e. The fraction of sp³-hybridized carbons (Fsp3) is 0.214. The van der Waals surface area contributed by atoms with Crippen LogP contribution < -0.4 is 0 Å². The SMILES string of the molecule is C=CC(=O)COCc1cn(Cc2ccccc2)nn1. The van der Waals surface area contributed by atoms with Gasteiger partial charge in [0.2, 0.25) is 0 Å². The van der Waals surface area contributed by atoms with E-state index in [1.54, 1.807) is 4.68 Å². The molecule has 2 rings (SSSR count). The highest BCUT2D eigenvalue weighted by Gasteiger charge is 2.03. The van der Waals surface area contributed by atoms with Crippen molar-refractivity contribution in [3.63, 3.8) is 0 Å². The van der Waals surface area contributed by atoms with Crippen LogP contribution in [0.1, 0.15) is 11.3 Å². The Balaban J connectivity index is 1.85. The van der Waals surface area contributed by atoms with Gasteiger partial charge in [-0.15, -0.1) is 5.10 Å². The number of carbonyl (C=O) groups excluding carboxylic acids is 1. The summed E-state index contributed by atoms with van der Waals surface area (Å²) in [5, 5.41) is 8.00. The Bertz CT molecular complexity index is 549. The highest BCUT2D eigenvalue weighted by atomic mass is 16.5. The molecule has 1 aromatic carbocycles. The maximum absolute atomic E-state index is 11.0. The van der Waals surface area contributed by atoms with Crippen LogP contribution in [0.25, 0.3) is 0 Å². The summed E-state index contributed by atoms with van der Waals surface area (Å²) in [7, 11) is 0. The Morgan fingerprint density at radius 1 is 1.37 bits per heavy atom. The Morgan fingerprint density at radius 2 is 2.16 bits per heavy atom. The van der Waals surface area contributed by atoms with E-state index in [9.17, 15) is 4.79 Å². The van der Waals surface area contributed by atoms with Gasteiger partial charge in [-0.3, -0.25) is 4.79 Å². The monoisotopic (exact) mass is 257 g/mol. The van der Waals surface area contributed by atoms with Gasteiger partial charge in [0.05, 0.1) is 19.3 Å². The minimum atomic E-state index is -0.142. The molecule has 1 aromatic heterocycles. The highest BCUT2D eigenvalue weighted by Crippen LogP contribution is 2.03. The number of rotatable bonds is 7. The Hall–Kier alpha value is -2.27. The van der Waals surface area contributed by atoms with Crippen LogP contribution in [-0.4, -0.2) is 27.4 Å². The van der Waals surface area contributed by atoms with E-state index >= 15 is 0 Å². The van der Waals surface area contributed by atoms with Crippen LogP contribution >= 0.6 is 0 Å². The zero-order valence-corrected chi connectivity index (χ0v) is 10.5. The smallest absolute Gasteiger partial charge is 0.180 e. The summed E-state index contributed by atoms with van der Waals surface area (Å²) in [4.78, 5) is 11.0. The van der Waals surface area contributed by atoms with Crippen molar-refractivity contribution in [2.75, 3.05) is 6.61 Å². The summed E-state index contributed by atoms with van der Waals surface area (Å²) in [5.74, 6) is -0.142. The number of hydrogen-bond acceptors (Lipinski definition) is 4. The first kappa shape index (κ1) is 13.2. The summed E-state index contributed by atoms with van der Waals surface area (Å²) in [6.45, 7) is 4.34. The summed E-state index contributed by atoms with van der Waals surface area (Å²) >= 11 is 0. The molecule has 98 valence electrons. The molecule has 0 bridgehead atoms. The second-order valence-corrected chi connectivity index (χ2v) is 4.06. The van der Waals surface area contributed by atoms with Gasteiger partial charge >= 0.3 is 0 Å². The van der Waals surface area contributed by atoms with Crippen molar-refractivity contribution >= 4 is 5.78 Å². The molecule has 5 nitrogen and oxygen atoms in total. The van der Waals surface area contributed by atoms with Gasteiger partial charge in [0.1, 0.15) is 12.3 Å². The van der Waals surface area contributed by atoms with Crippen molar-refractivity contribution in [2.24, 2.45) is 0 Å². The van der Waals surface area contributed by atoms with Crippen molar-refractivity contribution in [1.82, 2.24) is 15.0 Å². The molecule has 0 saturated carbocycles. The molecule has 19 heavy (non-hydrogen) atoms. The van der Waals surface area contributed by atoms with E-state index in [0.717, 1.165) is 5.56 Å². The van der Waals surface area contributed by atoms with Gasteiger partial charge in [-0.25, -0.2) is 4.68 Å². The largest absolute Gasteiger partial charge is 0.367 e. The summed E-state index contributed by atoms with van der Waals surface area (Å²) < 4.78 is 6.94. The lowest BCUT2D eigenvalue weighted by atomic mass is 10.2. The average Bonchev–Trinajstić information content (AvgIpc) is 2.87. The maximum atomic E-state index is 11.0. The fourth-order valence-electron chi connectivity index (χ4n) is 1.57. The van der Waals surface area contributed by atoms with Gasteiger partial charge in [-0.2, -0.15) is 0 Å². The van der Waals surface area contributed by atoms with Crippen LogP contribution in [0.3, 0.4) is 0 Å². The molecular formula is C14H15N3O2. The second kappa shape index (κ2) is 6.61. The van der Waals surface area contributed by atoms with Crippen molar-refractivity contribution in [2.45, 2.75) is 13.2 Å². The zero-order valence-electron chi connectivity index (χ0n) is 10.5. The predicted octanol–water partition coefficient (Wildman–Crippen LogP) is 1.60. The molecule has 0 amide bonds. The van der Waals surface area contributed by atoms with E-state index in [1.165, 1.54) is 6.08 Å². The molecule has 0 unspecified atom stereocenters. The first-order valence-electron chi connectivity index (χ1n) is 5.94. The number of hydrogen-bond donors (Lipinski definition) is 0. The van der Waals surface area contributed by atoms with Crippen molar-refractivity contribution in [3.05, 3.63) is 60.4 Å². The van der Waals surface area contributed by atoms with Crippen LogP contribution in [0, 0.1) is 0 Å². The van der Waals surface area contributed by atoms with E-state index < -0.39 is 0 Å². The number of nitrogens with zero attached hydrogens (tertiary/aromatic N) is 3. The van der Waals surface area contributed by atoms with Crippen molar-refractivity contribution in [3.8, 4) is 0 Å². The van der Waals surface area contributed by atoms with Crippen molar-refractivity contribution < 1.29 is 9.53 Å². The molecule has 5 heteroatoms. The molecule has 0 aliphatic rings. The van der Waals surface area contributed by atoms with Crippen LogP contribution in [-0.2, 0) is 22.7 Å². The van der Waals surface area contributed by atoms with Crippen LogP contribution in [0.4, 0.5) is 0 Å². The Kier molecular flexibility index (Phi) is 4.58.